The number of carbonyl (C=O) groups excluding carboxylic acids is 1. The lowest BCUT2D eigenvalue weighted by Gasteiger charge is -2.33. The number of hydrogen-bond acceptors (Lipinski definition) is 3. The monoisotopic (exact) mass is 373 g/mol. The van der Waals surface area contributed by atoms with Gasteiger partial charge in [-0.25, -0.2) is 0 Å². The highest BCUT2D eigenvalue weighted by atomic mass is 16.1. The predicted octanol–water partition coefficient (Wildman–Crippen LogP) is 3.99. The second-order valence-corrected chi connectivity index (χ2v) is 7.56. The number of fused-ring (bicyclic) bond motifs is 1. The van der Waals surface area contributed by atoms with Gasteiger partial charge in [0.25, 0.3) is 0 Å². The highest BCUT2D eigenvalue weighted by molar-refractivity contribution is 6.08. The number of rotatable bonds is 6. The van der Waals surface area contributed by atoms with Crippen LogP contribution >= 0.6 is 0 Å². The quantitative estimate of drug-likeness (QED) is 0.664. The Morgan fingerprint density at radius 3 is 2.57 bits per heavy atom. The zero-order valence-electron chi connectivity index (χ0n) is 16.4. The maximum Gasteiger partial charge on any atom is 0.178 e. The molecule has 0 unspecified atom stereocenters. The number of nitrogens with one attached hydrogen (secondary N) is 1. The fraction of sp³-hybridized carbons (Fsp3) is 0.292. The van der Waals surface area contributed by atoms with Gasteiger partial charge in [0.15, 0.2) is 5.78 Å². The van der Waals surface area contributed by atoms with E-state index in [1.807, 2.05) is 18.3 Å². The van der Waals surface area contributed by atoms with Crippen molar-refractivity contribution in [1.82, 2.24) is 14.8 Å². The third kappa shape index (κ3) is 4.41. The van der Waals surface area contributed by atoms with E-state index >= 15 is 0 Å². The highest BCUT2D eigenvalue weighted by Gasteiger charge is 2.20. The van der Waals surface area contributed by atoms with Crippen molar-refractivity contribution in [3.8, 4) is 0 Å². The second-order valence-electron chi connectivity index (χ2n) is 7.56. The number of nitrogens with zero attached hydrogens (tertiary/aromatic N) is 2. The van der Waals surface area contributed by atoms with E-state index in [1.54, 1.807) is 0 Å². The highest BCUT2D eigenvalue weighted by Crippen LogP contribution is 2.20. The molecule has 3 aromatic rings. The van der Waals surface area contributed by atoms with Crippen LogP contribution in [0.4, 0.5) is 0 Å². The van der Waals surface area contributed by atoms with Crippen LogP contribution in [-0.4, -0.2) is 59.8 Å². The van der Waals surface area contributed by atoms with Crippen molar-refractivity contribution in [1.29, 1.82) is 0 Å². The topological polar surface area (TPSA) is 39.3 Å². The summed E-state index contributed by atoms with van der Waals surface area (Å²) in [6.07, 6.45) is 6.26. The summed E-state index contributed by atoms with van der Waals surface area (Å²) >= 11 is 0. The largest absolute Gasteiger partial charge is 0.360 e. The predicted molar refractivity (Wildman–Crippen MR) is 116 cm³/mol. The van der Waals surface area contributed by atoms with Crippen molar-refractivity contribution in [2.75, 3.05) is 39.3 Å². The summed E-state index contributed by atoms with van der Waals surface area (Å²) in [5, 5.41) is 1.04. The normalized spacial score (nSPS) is 16.2. The third-order valence-corrected chi connectivity index (χ3v) is 5.44. The van der Waals surface area contributed by atoms with Crippen molar-refractivity contribution in [3.05, 3.63) is 77.5 Å². The van der Waals surface area contributed by atoms with Crippen LogP contribution in [0, 0.1) is 6.92 Å². The van der Waals surface area contributed by atoms with E-state index in [-0.39, 0.29) is 5.78 Å². The van der Waals surface area contributed by atoms with Crippen molar-refractivity contribution in [2.45, 2.75) is 6.92 Å². The van der Waals surface area contributed by atoms with Crippen LogP contribution in [0.3, 0.4) is 0 Å². The van der Waals surface area contributed by atoms with Gasteiger partial charge >= 0.3 is 0 Å². The SMILES string of the molecule is Cc1ccc2[nH]cc(C(=O)CN3CCN(CC=Cc4ccccc4)CC3)c2c1. The Balaban J connectivity index is 1.28. The molecule has 2 aromatic carbocycles. The maximum absolute atomic E-state index is 12.8. The number of aryl methyl sites for hydroxylation is 1. The van der Waals surface area contributed by atoms with Gasteiger partial charge in [-0.1, -0.05) is 54.1 Å². The summed E-state index contributed by atoms with van der Waals surface area (Å²) in [5.41, 5.74) is 4.26. The summed E-state index contributed by atoms with van der Waals surface area (Å²) in [7, 11) is 0. The molecule has 4 nitrogen and oxygen atoms in total. The summed E-state index contributed by atoms with van der Waals surface area (Å²) in [6.45, 7) is 7.39. The molecule has 0 radical (unpaired) electrons. The van der Waals surface area contributed by atoms with Crippen molar-refractivity contribution in [3.63, 3.8) is 0 Å². The molecule has 0 saturated carbocycles. The lowest BCUT2D eigenvalue weighted by molar-refractivity contribution is 0.0867. The average molecular weight is 374 g/mol. The molecule has 1 aliphatic heterocycles. The lowest BCUT2D eigenvalue weighted by Crippen LogP contribution is -2.47. The van der Waals surface area contributed by atoms with E-state index in [0.29, 0.717) is 6.54 Å². The zero-order valence-corrected chi connectivity index (χ0v) is 16.4. The molecule has 144 valence electrons. The molecule has 1 aromatic heterocycles. The van der Waals surface area contributed by atoms with Gasteiger partial charge in [0.05, 0.1) is 6.54 Å². The van der Waals surface area contributed by atoms with Gasteiger partial charge < -0.3 is 4.98 Å². The molecule has 0 spiro atoms. The van der Waals surface area contributed by atoms with Crippen molar-refractivity contribution < 1.29 is 4.79 Å². The molecule has 2 heterocycles. The Morgan fingerprint density at radius 1 is 1.04 bits per heavy atom. The molecule has 0 bridgehead atoms. The number of ketones is 1. The molecule has 1 N–H and O–H groups in total. The number of benzene rings is 2. The minimum atomic E-state index is 0.203. The first-order valence-corrected chi connectivity index (χ1v) is 9.96. The molecular formula is C24H27N3O. The Morgan fingerprint density at radius 2 is 1.79 bits per heavy atom. The fourth-order valence-electron chi connectivity index (χ4n) is 3.79. The van der Waals surface area contributed by atoms with Crippen LogP contribution in [-0.2, 0) is 0 Å². The Bertz CT molecular complexity index is 966. The maximum atomic E-state index is 12.8. The van der Waals surface area contributed by atoms with Crippen LogP contribution in [0.2, 0.25) is 0 Å². The number of aromatic amines is 1. The minimum absolute atomic E-state index is 0.203. The van der Waals surface area contributed by atoms with E-state index < -0.39 is 0 Å². The molecule has 4 rings (SSSR count). The second kappa shape index (κ2) is 8.55. The van der Waals surface area contributed by atoms with Gasteiger partial charge in [0.2, 0.25) is 0 Å². The first kappa shape index (κ1) is 18.7. The van der Waals surface area contributed by atoms with Gasteiger partial charge in [-0.3, -0.25) is 14.6 Å². The van der Waals surface area contributed by atoms with E-state index in [9.17, 15) is 4.79 Å². The summed E-state index contributed by atoms with van der Waals surface area (Å²) in [4.78, 5) is 20.8. The molecule has 1 aliphatic rings. The van der Waals surface area contributed by atoms with E-state index in [4.69, 9.17) is 0 Å². The first-order valence-electron chi connectivity index (χ1n) is 9.96. The van der Waals surface area contributed by atoms with Crippen LogP contribution in [0.25, 0.3) is 17.0 Å². The van der Waals surface area contributed by atoms with Crippen molar-refractivity contribution >= 4 is 22.8 Å². The van der Waals surface area contributed by atoms with Gasteiger partial charge in [-0.05, 0) is 24.6 Å². The summed E-state index contributed by atoms with van der Waals surface area (Å²) in [6, 6.07) is 16.6. The van der Waals surface area contributed by atoms with Crippen LogP contribution in [0.1, 0.15) is 21.5 Å². The molecule has 28 heavy (non-hydrogen) atoms. The zero-order chi connectivity index (χ0) is 19.3. The van der Waals surface area contributed by atoms with Gasteiger partial charge in [0, 0.05) is 55.4 Å². The van der Waals surface area contributed by atoms with Crippen LogP contribution in [0.15, 0.2) is 60.8 Å². The number of piperazine rings is 1. The standard InChI is InChI=1S/C24H27N3O/c1-19-9-10-23-21(16-19)22(17-25-23)24(28)18-27-14-12-26(13-15-27)11-5-8-20-6-3-2-4-7-20/h2-10,16-17,25H,11-15,18H2,1H3. The number of H-pyrrole nitrogens is 1. The van der Waals surface area contributed by atoms with Crippen LogP contribution in [0.5, 0.6) is 0 Å². The van der Waals surface area contributed by atoms with E-state index in [1.165, 1.54) is 11.1 Å². The molecular weight excluding hydrogens is 346 g/mol. The van der Waals surface area contributed by atoms with Crippen LogP contribution < -0.4 is 0 Å². The Labute approximate surface area is 166 Å². The number of hydrogen-bond donors (Lipinski definition) is 1. The number of carbonyl (C=O) groups is 1. The molecule has 0 aliphatic carbocycles. The van der Waals surface area contributed by atoms with E-state index in [0.717, 1.165) is 49.2 Å². The van der Waals surface area contributed by atoms with Gasteiger partial charge in [-0.15, -0.1) is 0 Å². The fourth-order valence-corrected chi connectivity index (χ4v) is 3.79. The van der Waals surface area contributed by atoms with Gasteiger partial charge in [0.1, 0.15) is 0 Å². The third-order valence-electron chi connectivity index (χ3n) is 5.44. The molecule has 1 fully saturated rings. The summed E-state index contributed by atoms with van der Waals surface area (Å²) < 4.78 is 0. The molecule has 0 atom stereocenters. The molecule has 4 heteroatoms. The number of aromatic nitrogens is 1. The molecule has 1 saturated heterocycles. The minimum Gasteiger partial charge on any atom is -0.360 e. The smallest absolute Gasteiger partial charge is 0.178 e. The average Bonchev–Trinajstić information content (AvgIpc) is 3.13. The lowest BCUT2D eigenvalue weighted by atomic mass is 10.1. The Hall–Kier alpha value is -2.69. The van der Waals surface area contributed by atoms with E-state index in [2.05, 4.69) is 70.3 Å². The van der Waals surface area contributed by atoms with Crippen molar-refractivity contribution in [2.24, 2.45) is 0 Å². The number of Topliss-reactive ketones (excluding diaryl/α,β-unsaturated/α-hetero) is 1. The molecule has 0 amide bonds. The summed E-state index contributed by atoms with van der Waals surface area (Å²) in [5.74, 6) is 0.203. The first-order chi connectivity index (χ1) is 13.7. The Kier molecular flexibility index (Phi) is 5.70. The van der Waals surface area contributed by atoms with Gasteiger partial charge in [-0.2, -0.15) is 0 Å².